The molecule has 0 aliphatic rings. The third-order valence-corrected chi connectivity index (χ3v) is 4.87. The van der Waals surface area contributed by atoms with Crippen LogP contribution in [-0.2, 0) is 16.0 Å². The van der Waals surface area contributed by atoms with Gasteiger partial charge in [-0.1, -0.05) is 23.7 Å². The Morgan fingerprint density at radius 3 is 2.41 bits per heavy atom. The van der Waals surface area contributed by atoms with Crippen LogP contribution in [-0.4, -0.2) is 44.3 Å². The van der Waals surface area contributed by atoms with E-state index in [0.29, 0.717) is 21.9 Å². The number of hydrogen-bond donors (Lipinski definition) is 2. The predicted octanol–water partition coefficient (Wildman–Crippen LogP) is 4.21. The number of carbonyl (C=O) groups is 3. The van der Waals surface area contributed by atoms with Crippen molar-refractivity contribution in [3.8, 4) is 0 Å². The smallest absolute Gasteiger partial charge is 0.420 e. The van der Waals surface area contributed by atoms with Crippen molar-refractivity contribution in [3.63, 3.8) is 0 Å². The Hall–Kier alpha value is -3.39. The summed E-state index contributed by atoms with van der Waals surface area (Å²) in [5.74, 6) is -1.33. The Kier molecular flexibility index (Phi) is 6.55. The molecule has 1 unspecified atom stereocenters. The number of halogens is 1. The van der Waals surface area contributed by atoms with Gasteiger partial charge in [-0.15, -0.1) is 0 Å². The summed E-state index contributed by atoms with van der Waals surface area (Å²) in [5.41, 5.74) is 1.13. The summed E-state index contributed by atoms with van der Waals surface area (Å²) in [7, 11) is 0. The van der Waals surface area contributed by atoms with Crippen LogP contribution >= 0.6 is 11.6 Å². The molecule has 1 amide bonds. The molecule has 8 nitrogen and oxygen atoms in total. The Balaban J connectivity index is 1.86. The minimum Gasteiger partial charge on any atom is -0.480 e. The van der Waals surface area contributed by atoms with Gasteiger partial charge in [-0.2, -0.15) is 0 Å². The van der Waals surface area contributed by atoms with Gasteiger partial charge in [0.15, 0.2) is 0 Å². The van der Waals surface area contributed by atoms with Crippen LogP contribution in [0.3, 0.4) is 0 Å². The van der Waals surface area contributed by atoms with E-state index in [-0.39, 0.29) is 12.0 Å². The summed E-state index contributed by atoms with van der Waals surface area (Å²) in [4.78, 5) is 41.5. The first kappa shape index (κ1) is 23.3. The van der Waals surface area contributed by atoms with Gasteiger partial charge in [-0.25, -0.2) is 19.1 Å². The topological polar surface area (TPSA) is 111 Å². The van der Waals surface area contributed by atoms with E-state index in [1.165, 1.54) is 16.7 Å². The first-order valence-electron chi connectivity index (χ1n) is 9.95. The van der Waals surface area contributed by atoms with Gasteiger partial charge in [0.25, 0.3) is 5.91 Å². The van der Waals surface area contributed by atoms with Crippen molar-refractivity contribution in [1.82, 2.24) is 14.9 Å². The van der Waals surface area contributed by atoms with Gasteiger partial charge in [0.1, 0.15) is 17.5 Å². The molecule has 1 atom stereocenters. The zero-order valence-electron chi connectivity index (χ0n) is 18.2. The third kappa shape index (κ3) is 5.45. The number of carboxylic acids is 1. The van der Waals surface area contributed by atoms with Crippen molar-refractivity contribution in [2.24, 2.45) is 0 Å². The second kappa shape index (κ2) is 9.00. The van der Waals surface area contributed by atoms with Crippen molar-refractivity contribution in [2.75, 3.05) is 0 Å². The minimum absolute atomic E-state index is 0.0927. The number of aliphatic carboxylic acids is 1. The zero-order chi connectivity index (χ0) is 23.6. The number of nitrogens with one attached hydrogen (secondary N) is 1. The number of carboxylic acid groups (broad SMARTS) is 1. The molecular weight excluding hydrogens is 434 g/mol. The van der Waals surface area contributed by atoms with Crippen LogP contribution in [0, 0.1) is 6.92 Å². The van der Waals surface area contributed by atoms with Crippen LogP contribution in [0.25, 0.3) is 11.0 Å². The molecule has 0 aliphatic carbocycles. The number of nitrogens with zero attached hydrogens (tertiary/aromatic N) is 2. The SMILES string of the molecule is Cc1nc2ccc(C(=O)NC(Cc3ccc(Cl)cc3)C(=O)O)cc2n1C(=O)OC(C)(C)C. The highest BCUT2D eigenvalue weighted by Gasteiger charge is 2.24. The second-order valence-electron chi connectivity index (χ2n) is 8.37. The molecule has 0 saturated heterocycles. The lowest BCUT2D eigenvalue weighted by molar-refractivity contribution is -0.139. The van der Waals surface area contributed by atoms with E-state index in [4.69, 9.17) is 16.3 Å². The molecule has 2 N–H and O–H groups in total. The molecule has 32 heavy (non-hydrogen) atoms. The van der Waals surface area contributed by atoms with Gasteiger partial charge in [0, 0.05) is 17.0 Å². The highest BCUT2D eigenvalue weighted by molar-refractivity contribution is 6.30. The van der Waals surface area contributed by atoms with Gasteiger partial charge >= 0.3 is 12.1 Å². The third-order valence-electron chi connectivity index (χ3n) is 4.62. The van der Waals surface area contributed by atoms with Gasteiger partial charge in [0.05, 0.1) is 11.0 Å². The molecule has 1 aromatic heterocycles. The first-order chi connectivity index (χ1) is 14.9. The molecule has 1 heterocycles. The molecule has 168 valence electrons. The number of ether oxygens (including phenoxy) is 1. The molecule has 3 rings (SSSR count). The summed E-state index contributed by atoms with van der Waals surface area (Å²) in [6.45, 7) is 6.93. The highest BCUT2D eigenvalue weighted by Crippen LogP contribution is 2.20. The summed E-state index contributed by atoms with van der Waals surface area (Å²) in [6.07, 6.45) is -0.517. The number of hydrogen-bond acceptors (Lipinski definition) is 5. The standard InChI is InChI=1S/C23H24ClN3O5/c1-13-25-17-10-7-15(12-19(17)27(13)22(31)32-23(2,3)4)20(28)26-18(21(29)30)11-14-5-8-16(24)9-6-14/h5-10,12,18H,11H2,1-4H3,(H,26,28)(H,29,30). The molecule has 0 radical (unpaired) electrons. The molecular formula is C23H24ClN3O5. The second-order valence-corrected chi connectivity index (χ2v) is 8.81. The first-order valence-corrected chi connectivity index (χ1v) is 10.3. The average Bonchev–Trinajstić information content (AvgIpc) is 3.02. The Bertz CT molecular complexity index is 1180. The predicted molar refractivity (Wildman–Crippen MR) is 120 cm³/mol. The molecule has 0 saturated carbocycles. The molecule has 9 heteroatoms. The van der Waals surface area contributed by atoms with Crippen LogP contribution in [0.1, 0.15) is 42.5 Å². The zero-order valence-corrected chi connectivity index (χ0v) is 18.9. The summed E-state index contributed by atoms with van der Waals surface area (Å²) in [5, 5.41) is 12.6. The fraction of sp³-hybridized carbons (Fsp3) is 0.304. The molecule has 0 spiro atoms. The van der Waals surface area contributed by atoms with Crippen LogP contribution in [0.2, 0.25) is 5.02 Å². The van der Waals surface area contributed by atoms with Gasteiger partial charge in [-0.3, -0.25) is 4.79 Å². The monoisotopic (exact) mass is 457 g/mol. The van der Waals surface area contributed by atoms with Gasteiger partial charge in [-0.05, 0) is 63.6 Å². The summed E-state index contributed by atoms with van der Waals surface area (Å²) < 4.78 is 6.73. The molecule has 0 aliphatic heterocycles. The lowest BCUT2D eigenvalue weighted by Gasteiger charge is -2.20. The molecule has 2 aromatic carbocycles. The van der Waals surface area contributed by atoms with E-state index >= 15 is 0 Å². The number of aryl methyl sites for hydroxylation is 1. The number of rotatable bonds is 5. The normalized spacial score (nSPS) is 12.4. The fourth-order valence-corrected chi connectivity index (χ4v) is 3.30. The van der Waals surface area contributed by atoms with E-state index in [0.717, 1.165) is 5.56 Å². The lowest BCUT2D eigenvalue weighted by Crippen LogP contribution is -2.42. The molecule has 3 aromatic rings. The number of imidazole rings is 1. The maximum absolute atomic E-state index is 12.8. The number of carbonyl (C=O) groups excluding carboxylic acids is 2. The minimum atomic E-state index is -1.16. The quantitative estimate of drug-likeness (QED) is 0.593. The van der Waals surface area contributed by atoms with Crippen molar-refractivity contribution in [2.45, 2.75) is 45.8 Å². The van der Waals surface area contributed by atoms with E-state index in [1.807, 2.05) is 0 Å². The maximum Gasteiger partial charge on any atom is 0.420 e. The summed E-state index contributed by atoms with van der Waals surface area (Å²) in [6, 6.07) is 10.2. The Morgan fingerprint density at radius 2 is 1.81 bits per heavy atom. The van der Waals surface area contributed by atoms with Crippen molar-refractivity contribution >= 4 is 40.6 Å². The molecule has 0 bridgehead atoms. The number of aromatic nitrogens is 2. The van der Waals surface area contributed by atoms with Crippen molar-refractivity contribution < 1.29 is 24.2 Å². The fourth-order valence-electron chi connectivity index (χ4n) is 3.17. The van der Waals surface area contributed by atoms with Crippen molar-refractivity contribution in [1.29, 1.82) is 0 Å². The number of fused-ring (bicyclic) bond motifs is 1. The Morgan fingerprint density at radius 1 is 1.16 bits per heavy atom. The number of amides is 1. The maximum atomic E-state index is 12.8. The van der Waals surface area contributed by atoms with E-state index in [1.54, 1.807) is 58.0 Å². The van der Waals surface area contributed by atoms with Gasteiger partial charge < -0.3 is 15.2 Å². The largest absolute Gasteiger partial charge is 0.480 e. The Labute approximate surface area is 190 Å². The average molecular weight is 458 g/mol. The van der Waals surface area contributed by atoms with Gasteiger partial charge in [0.2, 0.25) is 0 Å². The summed E-state index contributed by atoms with van der Waals surface area (Å²) >= 11 is 5.87. The van der Waals surface area contributed by atoms with Crippen LogP contribution < -0.4 is 5.32 Å². The number of benzene rings is 2. The van der Waals surface area contributed by atoms with E-state index in [2.05, 4.69) is 10.3 Å². The highest BCUT2D eigenvalue weighted by atomic mass is 35.5. The van der Waals surface area contributed by atoms with E-state index < -0.39 is 29.6 Å². The van der Waals surface area contributed by atoms with Crippen LogP contribution in [0.4, 0.5) is 4.79 Å². The molecule has 0 fully saturated rings. The lowest BCUT2D eigenvalue weighted by atomic mass is 10.1. The van der Waals surface area contributed by atoms with E-state index in [9.17, 15) is 19.5 Å². The van der Waals surface area contributed by atoms with Crippen LogP contribution in [0.15, 0.2) is 42.5 Å². The van der Waals surface area contributed by atoms with Crippen molar-refractivity contribution in [3.05, 3.63) is 64.4 Å². The van der Waals surface area contributed by atoms with Crippen LogP contribution in [0.5, 0.6) is 0 Å².